The molecule has 0 aliphatic heterocycles. The van der Waals surface area contributed by atoms with Gasteiger partial charge in [0.15, 0.2) is 0 Å². The Hall–Kier alpha value is -8.14. The number of hydrogen-bond donors (Lipinski definition) is 0. The lowest BCUT2D eigenvalue weighted by Gasteiger charge is -2.28. The maximum Gasteiger partial charge on any atom is 0.0547 e. The van der Waals surface area contributed by atoms with Gasteiger partial charge in [-0.15, -0.1) is 0 Å². The van der Waals surface area contributed by atoms with Crippen LogP contribution in [0.4, 0.5) is 17.1 Å². The lowest BCUT2D eigenvalue weighted by molar-refractivity contribution is 0.660. The third kappa shape index (κ3) is 5.41. The number of aromatic nitrogens is 2. The molecule has 12 aromatic rings. The summed E-state index contributed by atoms with van der Waals surface area (Å²) in [5, 5.41) is 7.46. The Morgan fingerprint density at radius 1 is 0.344 bits per heavy atom. The summed E-state index contributed by atoms with van der Waals surface area (Å²) in [7, 11) is 0. The highest BCUT2D eigenvalue weighted by molar-refractivity contribution is 6.17. The van der Waals surface area contributed by atoms with Gasteiger partial charge in [0, 0.05) is 55.4 Å². The monoisotopic (exact) mass is 817 g/mol. The average molecular weight is 818 g/mol. The van der Waals surface area contributed by atoms with Gasteiger partial charge in [-0.25, -0.2) is 0 Å². The van der Waals surface area contributed by atoms with Crippen LogP contribution in [0.3, 0.4) is 0 Å². The van der Waals surface area contributed by atoms with Crippen molar-refractivity contribution in [3.63, 3.8) is 0 Å². The van der Waals surface area contributed by atoms with E-state index in [0.29, 0.717) is 0 Å². The third-order valence-electron chi connectivity index (χ3n) is 13.9. The molecule has 302 valence electrons. The van der Waals surface area contributed by atoms with Crippen molar-refractivity contribution in [2.24, 2.45) is 0 Å². The second-order valence-corrected chi connectivity index (χ2v) is 17.8. The van der Waals surface area contributed by atoms with Crippen molar-refractivity contribution in [3.8, 4) is 33.6 Å². The van der Waals surface area contributed by atoms with Crippen LogP contribution in [0.1, 0.15) is 25.0 Å². The molecule has 0 fully saturated rings. The zero-order valence-corrected chi connectivity index (χ0v) is 35.7. The van der Waals surface area contributed by atoms with Crippen LogP contribution >= 0.6 is 0 Å². The van der Waals surface area contributed by atoms with Gasteiger partial charge >= 0.3 is 0 Å². The molecule has 2 heterocycles. The van der Waals surface area contributed by atoms with Crippen LogP contribution in [0.15, 0.2) is 224 Å². The van der Waals surface area contributed by atoms with Crippen molar-refractivity contribution in [2.45, 2.75) is 19.3 Å². The van der Waals surface area contributed by atoms with Gasteiger partial charge in [0.2, 0.25) is 0 Å². The molecular weight excluding hydrogens is 775 g/mol. The molecule has 2 aromatic heterocycles. The largest absolute Gasteiger partial charge is 0.310 e. The SMILES string of the molecule is CC1(C)c2ccccc2-c2ccc(N(c3ccc(-n4c5ccccc5c5c(-c6ccc7c8ccccc8n(-c8ccccc8)c7c6)cccc54)cc3)c3ccc4ccccc4c3)cc21. The smallest absolute Gasteiger partial charge is 0.0547 e. The van der Waals surface area contributed by atoms with Gasteiger partial charge in [0.25, 0.3) is 0 Å². The van der Waals surface area contributed by atoms with Gasteiger partial charge in [-0.2, -0.15) is 0 Å². The number of anilines is 3. The maximum absolute atomic E-state index is 2.44. The zero-order valence-electron chi connectivity index (χ0n) is 35.7. The van der Waals surface area contributed by atoms with E-state index in [0.717, 1.165) is 28.4 Å². The number of fused-ring (bicyclic) bond motifs is 10. The first kappa shape index (κ1) is 36.5. The Morgan fingerprint density at radius 3 is 1.77 bits per heavy atom. The predicted molar refractivity (Wildman–Crippen MR) is 270 cm³/mol. The minimum Gasteiger partial charge on any atom is -0.310 e. The van der Waals surface area contributed by atoms with Crippen molar-refractivity contribution < 1.29 is 0 Å². The summed E-state index contributed by atoms with van der Waals surface area (Å²) in [6.07, 6.45) is 0. The van der Waals surface area contributed by atoms with Crippen molar-refractivity contribution in [3.05, 3.63) is 236 Å². The molecule has 1 aliphatic rings. The minimum absolute atomic E-state index is 0.109. The highest BCUT2D eigenvalue weighted by Crippen LogP contribution is 2.51. The standard InChI is InChI=1S/C61H43N3/c1-61(2)54-23-11-8-19-49(54)50-36-34-47(39-55(50)61)62(46-29-27-40-15-6-7-16-41(40)37-46)44-30-32-45(33-31-44)63-57-25-13-10-21-53(57)60-48(22-14-26-58(60)63)42-28-35-52-51-20-9-12-24-56(51)64(59(52)38-42)43-17-4-3-5-18-43/h3-39H,1-2H3. The minimum atomic E-state index is -0.109. The zero-order chi connectivity index (χ0) is 42.5. The summed E-state index contributed by atoms with van der Waals surface area (Å²) in [4.78, 5) is 2.42. The molecule has 0 unspecified atom stereocenters. The Kier molecular flexibility index (Phi) is 7.95. The van der Waals surface area contributed by atoms with Crippen molar-refractivity contribution in [2.75, 3.05) is 4.90 Å². The second kappa shape index (κ2) is 13.9. The quantitative estimate of drug-likeness (QED) is 0.163. The fourth-order valence-electron chi connectivity index (χ4n) is 10.9. The molecule has 0 amide bonds. The maximum atomic E-state index is 2.44. The van der Waals surface area contributed by atoms with E-state index in [1.54, 1.807) is 0 Å². The highest BCUT2D eigenvalue weighted by atomic mass is 15.1. The van der Waals surface area contributed by atoms with Crippen molar-refractivity contribution >= 4 is 71.4 Å². The second-order valence-electron chi connectivity index (χ2n) is 17.8. The topological polar surface area (TPSA) is 13.1 Å². The normalized spacial score (nSPS) is 13.0. The van der Waals surface area contributed by atoms with Gasteiger partial charge in [-0.05, 0) is 129 Å². The molecule has 0 bridgehead atoms. The number of nitrogens with zero attached hydrogens (tertiary/aromatic N) is 3. The van der Waals surface area contributed by atoms with Crippen molar-refractivity contribution in [1.82, 2.24) is 9.13 Å². The van der Waals surface area contributed by atoms with E-state index in [-0.39, 0.29) is 5.41 Å². The van der Waals surface area contributed by atoms with Crippen LogP contribution in [-0.4, -0.2) is 9.13 Å². The first-order chi connectivity index (χ1) is 31.5. The summed E-state index contributed by atoms with van der Waals surface area (Å²) in [5.41, 5.74) is 18.2. The first-order valence-corrected chi connectivity index (χ1v) is 22.3. The lowest BCUT2D eigenvalue weighted by atomic mass is 9.82. The van der Waals surface area contributed by atoms with Crippen LogP contribution in [0.25, 0.3) is 88.0 Å². The average Bonchev–Trinajstić information content (AvgIpc) is 3.95. The van der Waals surface area contributed by atoms with E-state index in [1.807, 2.05) is 0 Å². The van der Waals surface area contributed by atoms with Crippen molar-refractivity contribution in [1.29, 1.82) is 0 Å². The molecule has 0 N–H and O–H groups in total. The van der Waals surface area contributed by atoms with E-state index in [4.69, 9.17) is 0 Å². The fraction of sp³-hybridized carbons (Fsp3) is 0.0492. The number of rotatable bonds is 6. The van der Waals surface area contributed by atoms with E-state index >= 15 is 0 Å². The summed E-state index contributed by atoms with van der Waals surface area (Å²) >= 11 is 0. The van der Waals surface area contributed by atoms with Gasteiger partial charge in [-0.3, -0.25) is 0 Å². The molecule has 3 heteroatoms. The molecule has 64 heavy (non-hydrogen) atoms. The molecule has 0 spiro atoms. The first-order valence-electron chi connectivity index (χ1n) is 22.3. The molecule has 0 saturated heterocycles. The van der Waals surface area contributed by atoms with Gasteiger partial charge in [0.1, 0.15) is 0 Å². The third-order valence-corrected chi connectivity index (χ3v) is 13.9. The van der Waals surface area contributed by atoms with E-state index in [2.05, 4.69) is 252 Å². The molecule has 0 saturated carbocycles. The van der Waals surface area contributed by atoms with E-state index in [9.17, 15) is 0 Å². The molecule has 13 rings (SSSR count). The van der Waals surface area contributed by atoms with E-state index < -0.39 is 0 Å². The fourth-order valence-corrected chi connectivity index (χ4v) is 10.9. The Labute approximate surface area is 372 Å². The number of para-hydroxylation sites is 3. The molecule has 3 nitrogen and oxygen atoms in total. The van der Waals surface area contributed by atoms with E-state index in [1.165, 1.54) is 87.8 Å². The van der Waals surface area contributed by atoms with Crippen LogP contribution < -0.4 is 4.90 Å². The summed E-state index contributed by atoms with van der Waals surface area (Å²) in [6, 6.07) is 82.7. The summed E-state index contributed by atoms with van der Waals surface area (Å²) < 4.78 is 4.84. The molecule has 1 aliphatic carbocycles. The molecule has 10 aromatic carbocycles. The van der Waals surface area contributed by atoms with Crippen LogP contribution in [0, 0.1) is 0 Å². The Bertz CT molecular complexity index is 3810. The van der Waals surface area contributed by atoms with Crippen LogP contribution in [0.5, 0.6) is 0 Å². The molecular formula is C61H43N3. The van der Waals surface area contributed by atoms with Gasteiger partial charge in [-0.1, -0.05) is 153 Å². The van der Waals surface area contributed by atoms with Gasteiger partial charge < -0.3 is 14.0 Å². The predicted octanol–water partition coefficient (Wildman–Crippen LogP) is 16.5. The number of benzene rings is 10. The summed E-state index contributed by atoms with van der Waals surface area (Å²) in [5.74, 6) is 0. The highest BCUT2D eigenvalue weighted by Gasteiger charge is 2.35. The summed E-state index contributed by atoms with van der Waals surface area (Å²) in [6.45, 7) is 4.72. The van der Waals surface area contributed by atoms with Crippen LogP contribution in [-0.2, 0) is 5.41 Å². The number of hydrogen-bond acceptors (Lipinski definition) is 1. The Morgan fingerprint density at radius 2 is 0.922 bits per heavy atom. The lowest BCUT2D eigenvalue weighted by Crippen LogP contribution is -2.16. The van der Waals surface area contributed by atoms with Crippen LogP contribution in [0.2, 0.25) is 0 Å². The Balaban J connectivity index is 0.961. The van der Waals surface area contributed by atoms with Gasteiger partial charge in [0.05, 0.1) is 22.1 Å². The molecule has 0 radical (unpaired) electrons. The molecule has 0 atom stereocenters.